The number of ether oxygens (including phenoxy) is 1. The van der Waals surface area contributed by atoms with Crippen LogP contribution in [0.3, 0.4) is 0 Å². The van der Waals surface area contributed by atoms with Gasteiger partial charge in [-0.2, -0.15) is 4.31 Å². The molecule has 2 aromatic rings. The number of esters is 1. The molecule has 1 aliphatic heterocycles. The van der Waals surface area contributed by atoms with Gasteiger partial charge in [-0.05, 0) is 62.9 Å². The molecule has 1 N–H and O–H groups in total. The normalized spacial score (nSPS) is 16.8. The van der Waals surface area contributed by atoms with Crippen LogP contribution >= 0.6 is 0 Å². The molecule has 1 atom stereocenters. The highest BCUT2D eigenvalue weighted by molar-refractivity contribution is 7.89. The number of nitrogens with one attached hydrogen (secondary N) is 1. The molecule has 0 saturated carbocycles. The maximum Gasteiger partial charge on any atom is 0.324 e. The SMILES string of the molecule is Cc1cc(C)c(S(=O)(=O)N2CCCC2C(=O)OCC(=O)Nc2cccc(F)c2)c(C)c1. The highest BCUT2D eigenvalue weighted by atomic mass is 32.2. The van der Waals surface area contributed by atoms with Gasteiger partial charge in [0.05, 0.1) is 4.90 Å². The zero-order valence-electron chi connectivity index (χ0n) is 17.6. The lowest BCUT2D eigenvalue weighted by Gasteiger charge is -2.24. The Labute approximate surface area is 181 Å². The van der Waals surface area contributed by atoms with Crippen molar-refractivity contribution in [1.29, 1.82) is 0 Å². The van der Waals surface area contributed by atoms with Crippen molar-refractivity contribution >= 4 is 27.6 Å². The third kappa shape index (κ3) is 5.11. The van der Waals surface area contributed by atoms with Crippen LogP contribution in [0.4, 0.5) is 10.1 Å². The molecule has 0 radical (unpaired) electrons. The molecular weight excluding hydrogens is 423 g/mol. The Bertz CT molecular complexity index is 1090. The molecule has 7 nitrogen and oxygen atoms in total. The summed E-state index contributed by atoms with van der Waals surface area (Å²) < 4.78 is 46.1. The summed E-state index contributed by atoms with van der Waals surface area (Å²) in [4.78, 5) is 24.8. The monoisotopic (exact) mass is 448 g/mol. The minimum Gasteiger partial charge on any atom is -0.454 e. The van der Waals surface area contributed by atoms with E-state index >= 15 is 0 Å². The number of rotatable bonds is 6. The lowest BCUT2D eigenvalue weighted by Crippen LogP contribution is -2.42. The first-order valence-corrected chi connectivity index (χ1v) is 11.4. The summed E-state index contributed by atoms with van der Waals surface area (Å²) in [5.41, 5.74) is 2.42. The largest absolute Gasteiger partial charge is 0.454 e. The standard InChI is InChI=1S/C22H25FN2O5S/c1-14-10-15(2)21(16(3)11-14)31(28,29)25-9-5-8-19(25)22(27)30-13-20(26)24-18-7-4-6-17(23)12-18/h4,6-7,10-12,19H,5,8-9,13H2,1-3H3,(H,24,26). The van der Waals surface area contributed by atoms with Crippen LogP contribution in [0.15, 0.2) is 41.3 Å². The molecule has 1 amide bonds. The van der Waals surface area contributed by atoms with Gasteiger partial charge in [0, 0.05) is 12.2 Å². The van der Waals surface area contributed by atoms with E-state index in [1.807, 2.05) is 6.92 Å². The average molecular weight is 449 g/mol. The van der Waals surface area contributed by atoms with Crippen molar-refractivity contribution in [2.45, 2.75) is 44.6 Å². The summed E-state index contributed by atoms with van der Waals surface area (Å²) in [6.45, 7) is 4.95. The van der Waals surface area contributed by atoms with Crippen LogP contribution in [0.5, 0.6) is 0 Å². The second-order valence-corrected chi connectivity index (χ2v) is 9.50. The van der Waals surface area contributed by atoms with Crippen LogP contribution in [-0.4, -0.2) is 43.8 Å². The quantitative estimate of drug-likeness (QED) is 0.686. The molecule has 0 aliphatic carbocycles. The van der Waals surface area contributed by atoms with Crippen LogP contribution in [0.2, 0.25) is 0 Å². The van der Waals surface area contributed by atoms with Gasteiger partial charge in [0.2, 0.25) is 10.0 Å². The van der Waals surface area contributed by atoms with Crippen molar-refractivity contribution in [3.63, 3.8) is 0 Å². The maximum absolute atomic E-state index is 13.3. The fraction of sp³-hybridized carbons (Fsp3) is 0.364. The molecule has 3 rings (SSSR count). The Kier molecular flexibility index (Phi) is 6.76. The molecule has 1 aliphatic rings. The van der Waals surface area contributed by atoms with Gasteiger partial charge in [-0.1, -0.05) is 23.8 Å². The van der Waals surface area contributed by atoms with Crippen molar-refractivity contribution in [2.24, 2.45) is 0 Å². The summed E-state index contributed by atoms with van der Waals surface area (Å²) in [7, 11) is -3.91. The summed E-state index contributed by atoms with van der Waals surface area (Å²) in [6.07, 6.45) is 0.825. The van der Waals surface area contributed by atoms with Crippen molar-refractivity contribution in [2.75, 3.05) is 18.5 Å². The molecule has 0 bridgehead atoms. The van der Waals surface area contributed by atoms with Crippen LogP contribution in [-0.2, 0) is 24.3 Å². The number of carbonyl (C=O) groups excluding carboxylic acids is 2. The molecule has 2 aromatic carbocycles. The Hall–Kier alpha value is -2.78. The first kappa shape index (κ1) is 22.9. The van der Waals surface area contributed by atoms with E-state index in [-0.39, 0.29) is 17.1 Å². The van der Waals surface area contributed by atoms with Gasteiger partial charge < -0.3 is 10.1 Å². The Morgan fingerprint density at radius 2 is 1.84 bits per heavy atom. The predicted molar refractivity (Wildman–Crippen MR) is 114 cm³/mol. The number of sulfonamides is 1. The van der Waals surface area contributed by atoms with Crippen LogP contribution in [0.25, 0.3) is 0 Å². The topological polar surface area (TPSA) is 92.8 Å². The van der Waals surface area contributed by atoms with Gasteiger partial charge >= 0.3 is 5.97 Å². The Morgan fingerprint density at radius 3 is 2.48 bits per heavy atom. The highest BCUT2D eigenvalue weighted by Gasteiger charge is 2.41. The molecule has 1 fully saturated rings. The van der Waals surface area contributed by atoms with Gasteiger partial charge in [0.1, 0.15) is 11.9 Å². The lowest BCUT2D eigenvalue weighted by atomic mass is 10.1. The smallest absolute Gasteiger partial charge is 0.324 e. The lowest BCUT2D eigenvalue weighted by molar-refractivity contribution is -0.150. The number of aryl methyl sites for hydroxylation is 3. The van der Waals surface area contributed by atoms with Crippen molar-refractivity contribution in [1.82, 2.24) is 4.31 Å². The van der Waals surface area contributed by atoms with Crippen LogP contribution < -0.4 is 5.32 Å². The number of carbonyl (C=O) groups is 2. The zero-order valence-corrected chi connectivity index (χ0v) is 18.5. The Balaban J connectivity index is 1.70. The molecule has 31 heavy (non-hydrogen) atoms. The zero-order chi connectivity index (χ0) is 22.8. The summed E-state index contributed by atoms with van der Waals surface area (Å²) in [6, 6.07) is 7.90. The number of amides is 1. The van der Waals surface area contributed by atoms with Crippen molar-refractivity contribution < 1.29 is 27.1 Å². The first-order valence-electron chi connectivity index (χ1n) is 9.91. The fourth-order valence-corrected chi connectivity index (χ4v) is 6.01. The molecule has 1 unspecified atom stereocenters. The van der Waals surface area contributed by atoms with Gasteiger partial charge in [-0.25, -0.2) is 12.8 Å². The molecule has 166 valence electrons. The number of hydrogen-bond donors (Lipinski definition) is 1. The van der Waals surface area contributed by atoms with E-state index in [9.17, 15) is 22.4 Å². The molecular formula is C22H25FN2O5S. The minimum absolute atomic E-state index is 0.196. The van der Waals surface area contributed by atoms with Gasteiger partial charge in [-0.3, -0.25) is 9.59 Å². The van der Waals surface area contributed by atoms with E-state index in [4.69, 9.17) is 4.74 Å². The second kappa shape index (κ2) is 9.15. The predicted octanol–water partition coefficient (Wildman–Crippen LogP) is 3.09. The Morgan fingerprint density at radius 1 is 1.16 bits per heavy atom. The molecule has 1 saturated heterocycles. The molecule has 0 spiro atoms. The minimum atomic E-state index is -3.91. The second-order valence-electron chi connectivity index (χ2n) is 7.67. The van der Waals surface area contributed by atoms with E-state index in [2.05, 4.69) is 5.32 Å². The van der Waals surface area contributed by atoms with Crippen LogP contribution in [0.1, 0.15) is 29.5 Å². The van der Waals surface area contributed by atoms with E-state index in [0.29, 0.717) is 24.0 Å². The number of benzene rings is 2. The van der Waals surface area contributed by atoms with Gasteiger partial charge in [0.15, 0.2) is 6.61 Å². The number of nitrogens with zero attached hydrogens (tertiary/aromatic N) is 1. The van der Waals surface area contributed by atoms with Crippen molar-refractivity contribution in [3.8, 4) is 0 Å². The highest BCUT2D eigenvalue weighted by Crippen LogP contribution is 2.31. The third-order valence-electron chi connectivity index (χ3n) is 5.10. The van der Waals surface area contributed by atoms with E-state index in [1.54, 1.807) is 26.0 Å². The molecule has 9 heteroatoms. The number of hydrogen-bond acceptors (Lipinski definition) is 5. The number of anilines is 1. The third-order valence-corrected chi connectivity index (χ3v) is 7.32. The summed E-state index contributed by atoms with van der Waals surface area (Å²) in [5.74, 6) is -1.93. The van der Waals surface area contributed by atoms with Gasteiger partial charge in [0.25, 0.3) is 5.91 Å². The number of halogens is 1. The summed E-state index contributed by atoms with van der Waals surface area (Å²) in [5, 5.41) is 2.43. The van der Waals surface area contributed by atoms with E-state index < -0.39 is 40.4 Å². The van der Waals surface area contributed by atoms with E-state index in [0.717, 1.165) is 15.9 Å². The summed E-state index contributed by atoms with van der Waals surface area (Å²) >= 11 is 0. The van der Waals surface area contributed by atoms with Crippen molar-refractivity contribution in [3.05, 3.63) is 58.9 Å². The molecule has 1 heterocycles. The average Bonchev–Trinajstić information content (AvgIpc) is 3.16. The first-order chi connectivity index (χ1) is 14.6. The maximum atomic E-state index is 13.3. The van der Waals surface area contributed by atoms with Crippen LogP contribution in [0, 0.1) is 26.6 Å². The fourth-order valence-electron chi connectivity index (χ4n) is 3.95. The van der Waals surface area contributed by atoms with Gasteiger partial charge in [-0.15, -0.1) is 0 Å². The van der Waals surface area contributed by atoms with E-state index in [1.165, 1.54) is 18.2 Å². The molecule has 0 aromatic heterocycles.